The maximum Gasteiger partial charge on any atom is 0.338 e. The first-order chi connectivity index (χ1) is 5.45. The topological polar surface area (TPSA) is 26.3 Å². The number of hydrogen-bond acceptors (Lipinski definition) is 2. The van der Waals surface area contributed by atoms with Crippen molar-refractivity contribution in [2.24, 2.45) is 5.41 Å². The minimum absolute atomic E-state index is 0.0585. The molecule has 0 bridgehead atoms. The number of hydrogen-bond donors (Lipinski definition) is 0. The smallest absolute Gasteiger partial charge is 0.338 e. The fraction of sp³-hybridized carbons (Fsp3) is 0.600. The molecule has 0 unspecified atom stereocenters. The Morgan fingerprint density at radius 2 is 2.08 bits per heavy atom. The van der Waals surface area contributed by atoms with Crippen LogP contribution in [0.1, 0.15) is 27.7 Å². The van der Waals surface area contributed by atoms with E-state index in [-0.39, 0.29) is 11.4 Å². The Labute approximate surface area is 73.9 Å². The summed E-state index contributed by atoms with van der Waals surface area (Å²) in [4.78, 5) is 10.8. The molecule has 68 valence electrons. The van der Waals surface area contributed by atoms with Crippen LogP contribution in [0.2, 0.25) is 0 Å². The fourth-order valence-corrected chi connectivity index (χ4v) is 0.544. The summed E-state index contributed by atoms with van der Waals surface area (Å²) in [5.74, 6) is -0.335. The number of esters is 1. The van der Waals surface area contributed by atoms with Crippen molar-refractivity contribution in [3.05, 3.63) is 17.9 Å². The molecule has 0 radical (unpaired) electrons. The Kier molecular flexibility index (Phi) is 4.38. The zero-order chi connectivity index (χ0) is 9.61. The van der Waals surface area contributed by atoms with Crippen LogP contribution < -0.4 is 0 Å². The van der Waals surface area contributed by atoms with Crippen LogP contribution in [0.3, 0.4) is 0 Å². The van der Waals surface area contributed by atoms with Gasteiger partial charge in [-0.1, -0.05) is 20.8 Å². The van der Waals surface area contributed by atoms with Crippen molar-refractivity contribution in [1.29, 1.82) is 0 Å². The second-order valence-electron chi connectivity index (χ2n) is 3.57. The first kappa shape index (κ1) is 11.0. The molecule has 0 spiro atoms. The van der Waals surface area contributed by atoms with Crippen LogP contribution in [0.25, 0.3) is 0 Å². The maximum atomic E-state index is 10.8. The van der Waals surface area contributed by atoms with Gasteiger partial charge >= 0.3 is 5.97 Å². The van der Waals surface area contributed by atoms with Crippen molar-refractivity contribution in [3.63, 3.8) is 0 Å². The number of carbonyl (C=O) groups excluding carboxylic acids is 1. The maximum absolute atomic E-state index is 10.8. The van der Waals surface area contributed by atoms with Gasteiger partial charge in [0, 0.05) is 0 Å². The van der Waals surface area contributed by atoms with Crippen molar-refractivity contribution in [3.8, 4) is 0 Å². The standard InChI is InChI=1S/C10H16O2/c1-5-12-9(11)7-6-8-10(2,3)4/h7-8H,5H2,1-4H3. The van der Waals surface area contributed by atoms with Gasteiger partial charge in [-0.25, -0.2) is 4.79 Å². The molecule has 0 rings (SSSR count). The van der Waals surface area contributed by atoms with Gasteiger partial charge in [0.05, 0.1) is 12.7 Å². The van der Waals surface area contributed by atoms with Gasteiger partial charge in [-0.05, 0) is 18.4 Å². The minimum atomic E-state index is -0.335. The van der Waals surface area contributed by atoms with Crippen molar-refractivity contribution in [2.45, 2.75) is 27.7 Å². The van der Waals surface area contributed by atoms with Gasteiger partial charge in [0.25, 0.3) is 0 Å². The molecule has 0 N–H and O–H groups in total. The third kappa shape index (κ3) is 7.10. The molecule has 0 aromatic heterocycles. The molecular formula is C10H16O2. The average molecular weight is 168 g/mol. The molecule has 0 aliphatic rings. The average Bonchev–Trinajstić information content (AvgIpc) is 1.84. The molecule has 2 nitrogen and oxygen atoms in total. The first-order valence-corrected chi connectivity index (χ1v) is 4.06. The predicted molar refractivity (Wildman–Crippen MR) is 48.7 cm³/mol. The first-order valence-electron chi connectivity index (χ1n) is 4.06. The highest BCUT2D eigenvalue weighted by Gasteiger charge is 2.02. The summed E-state index contributed by atoms with van der Waals surface area (Å²) in [6, 6.07) is 0. The second-order valence-corrected chi connectivity index (χ2v) is 3.57. The lowest BCUT2D eigenvalue weighted by molar-refractivity contribution is -0.137. The molecule has 0 amide bonds. The van der Waals surface area contributed by atoms with Crippen molar-refractivity contribution in [1.82, 2.24) is 0 Å². The Bertz CT molecular complexity index is 202. The van der Waals surface area contributed by atoms with Crippen molar-refractivity contribution < 1.29 is 9.53 Å². The highest BCUT2D eigenvalue weighted by Crippen LogP contribution is 2.13. The molecule has 0 saturated carbocycles. The monoisotopic (exact) mass is 168 g/mol. The molecule has 12 heavy (non-hydrogen) atoms. The summed E-state index contributed by atoms with van der Waals surface area (Å²) in [7, 11) is 0. The van der Waals surface area contributed by atoms with Gasteiger partial charge in [-0.3, -0.25) is 0 Å². The van der Waals surface area contributed by atoms with Gasteiger partial charge in [-0.15, -0.1) is 5.73 Å². The van der Waals surface area contributed by atoms with Crippen LogP contribution in [0.5, 0.6) is 0 Å². The van der Waals surface area contributed by atoms with Crippen LogP contribution in [0.4, 0.5) is 0 Å². The zero-order valence-electron chi connectivity index (χ0n) is 8.18. The van der Waals surface area contributed by atoms with E-state index in [4.69, 9.17) is 0 Å². The number of ether oxygens (including phenoxy) is 1. The Morgan fingerprint density at radius 1 is 1.50 bits per heavy atom. The zero-order valence-corrected chi connectivity index (χ0v) is 8.18. The quantitative estimate of drug-likeness (QED) is 0.359. The summed E-state index contributed by atoms with van der Waals surface area (Å²) in [5, 5.41) is 0. The lowest BCUT2D eigenvalue weighted by Gasteiger charge is -2.08. The molecule has 2 heteroatoms. The van der Waals surface area contributed by atoms with E-state index in [1.165, 1.54) is 6.08 Å². The Balaban J connectivity index is 4.06. The van der Waals surface area contributed by atoms with Crippen LogP contribution >= 0.6 is 0 Å². The van der Waals surface area contributed by atoms with Gasteiger partial charge < -0.3 is 4.74 Å². The van der Waals surface area contributed by atoms with Crippen molar-refractivity contribution in [2.75, 3.05) is 6.61 Å². The van der Waals surface area contributed by atoms with Crippen LogP contribution in [-0.2, 0) is 9.53 Å². The van der Waals surface area contributed by atoms with Crippen LogP contribution in [0.15, 0.2) is 17.9 Å². The molecule has 0 heterocycles. The molecular weight excluding hydrogens is 152 g/mol. The summed E-state index contributed by atoms with van der Waals surface area (Å²) < 4.78 is 4.68. The summed E-state index contributed by atoms with van der Waals surface area (Å²) >= 11 is 0. The van der Waals surface area contributed by atoms with E-state index in [9.17, 15) is 4.79 Å². The number of carbonyl (C=O) groups is 1. The summed E-state index contributed by atoms with van der Waals surface area (Å²) in [6.45, 7) is 8.31. The fourth-order valence-electron chi connectivity index (χ4n) is 0.544. The number of rotatable bonds is 2. The largest absolute Gasteiger partial charge is 0.462 e. The van der Waals surface area contributed by atoms with Gasteiger partial charge in [0.15, 0.2) is 0 Å². The van der Waals surface area contributed by atoms with E-state index in [0.717, 1.165) is 0 Å². The Morgan fingerprint density at radius 3 is 2.50 bits per heavy atom. The third-order valence-electron chi connectivity index (χ3n) is 1.00. The van der Waals surface area contributed by atoms with Crippen LogP contribution in [-0.4, -0.2) is 12.6 Å². The van der Waals surface area contributed by atoms with Gasteiger partial charge in [0.2, 0.25) is 0 Å². The SMILES string of the molecule is CCOC(=O)C=C=CC(C)(C)C. The Hall–Kier alpha value is -1.01. The van der Waals surface area contributed by atoms with E-state index < -0.39 is 0 Å². The van der Waals surface area contributed by atoms with E-state index in [1.807, 2.05) is 26.8 Å². The lowest BCUT2D eigenvalue weighted by atomic mass is 9.97. The highest BCUT2D eigenvalue weighted by atomic mass is 16.5. The van der Waals surface area contributed by atoms with Gasteiger partial charge in [0.1, 0.15) is 0 Å². The molecule has 0 aliphatic heterocycles. The third-order valence-corrected chi connectivity index (χ3v) is 1.00. The predicted octanol–water partition coefficient (Wildman–Crippen LogP) is 2.31. The molecule has 0 atom stereocenters. The second kappa shape index (κ2) is 4.78. The van der Waals surface area contributed by atoms with Gasteiger partial charge in [-0.2, -0.15) is 0 Å². The van der Waals surface area contributed by atoms with E-state index >= 15 is 0 Å². The molecule has 0 aromatic rings. The normalized spacial score (nSPS) is 10.0. The molecule has 0 fully saturated rings. The summed E-state index contributed by atoms with van der Waals surface area (Å²) in [6.07, 6.45) is 3.15. The van der Waals surface area contributed by atoms with Crippen LogP contribution in [0, 0.1) is 5.41 Å². The van der Waals surface area contributed by atoms with E-state index in [2.05, 4.69) is 10.5 Å². The molecule has 0 aromatic carbocycles. The van der Waals surface area contributed by atoms with E-state index in [0.29, 0.717) is 6.61 Å². The summed E-state index contributed by atoms with van der Waals surface area (Å²) in [5.41, 5.74) is 2.84. The van der Waals surface area contributed by atoms with E-state index in [1.54, 1.807) is 6.92 Å². The molecule has 0 saturated heterocycles. The lowest BCUT2D eigenvalue weighted by Crippen LogP contribution is -1.99. The van der Waals surface area contributed by atoms with Crippen molar-refractivity contribution >= 4 is 5.97 Å². The minimum Gasteiger partial charge on any atom is -0.462 e. The molecule has 0 aliphatic carbocycles. The highest BCUT2D eigenvalue weighted by molar-refractivity contribution is 5.81.